The van der Waals surface area contributed by atoms with Crippen LogP contribution in [0.4, 0.5) is 0 Å². The lowest BCUT2D eigenvalue weighted by molar-refractivity contribution is 0.192. The first-order valence-corrected chi connectivity index (χ1v) is 7.60. The summed E-state index contributed by atoms with van der Waals surface area (Å²) in [6, 6.07) is 7.21. The van der Waals surface area contributed by atoms with Crippen molar-refractivity contribution in [3.8, 4) is 0 Å². The second kappa shape index (κ2) is 5.79. The largest absolute Gasteiger partial charge is 0.380 e. The van der Waals surface area contributed by atoms with Crippen molar-refractivity contribution in [2.75, 3.05) is 13.2 Å². The van der Waals surface area contributed by atoms with E-state index in [0.29, 0.717) is 19.8 Å². The third kappa shape index (κ3) is 3.78. The van der Waals surface area contributed by atoms with Crippen molar-refractivity contribution in [2.24, 2.45) is 5.73 Å². The SMILES string of the molecule is NCc1ccc(CS(=O)(=O)NC2CCOC2)cc1. The average Bonchev–Trinajstić information content (AvgIpc) is 2.81. The molecule has 1 aliphatic heterocycles. The van der Waals surface area contributed by atoms with Crippen molar-refractivity contribution in [3.05, 3.63) is 35.4 Å². The molecule has 0 aliphatic carbocycles. The molecule has 1 atom stereocenters. The van der Waals surface area contributed by atoms with E-state index in [0.717, 1.165) is 17.5 Å². The summed E-state index contributed by atoms with van der Waals surface area (Å²) in [6.45, 7) is 1.55. The Morgan fingerprint density at radius 1 is 1.28 bits per heavy atom. The molecule has 3 N–H and O–H groups in total. The molecule has 1 aromatic rings. The fourth-order valence-electron chi connectivity index (χ4n) is 1.91. The number of rotatable bonds is 5. The Labute approximate surface area is 107 Å². The number of ether oxygens (including phenoxy) is 1. The number of hydrogen-bond acceptors (Lipinski definition) is 4. The highest BCUT2D eigenvalue weighted by molar-refractivity contribution is 7.88. The molecule has 1 saturated heterocycles. The maximum atomic E-state index is 11.9. The van der Waals surface area contributed by atoms with Crippen LogP contribution in [0, 0.1) is 0 Å². The molecular formula is C12H18N2O3S. The molecule has 1 aliphatic rings. The van der Waals surface area contributed by atoms with E-state index in [1.165, 1.54) is 0 Å². The van der Waals surface area contributed by atoms with E-state index >= 15 is 0 Å². The minimum Gasteiger partial charge on any atom is -0.380 e. The Morgan fingerprint density at radius 3 is 2.50 bits per heavy atom. The van der Waals surface area contributed by atoms with Crippen molar-refractivity contribution in [1.82, 2.24) is 4.72 Å². The lowest BCUT2D eigenvalue weighted by Crippen LogP contribution is -2.35. The Balaban J connectivity index is 1.97. The van der Waals surface area contributed by atoms with E-state index in [1.54, 1.807) is 12.1 Å². The van der Waals surface area contributed by atoms with Gasteiger partial charge in [-0.15, -0.1) is 0 Å². The maximum Gasteiger partial charge on any atom is 0.216 e. The Bertz CT molecular complexity index is 479. The molecule has 1 fully saturated rings. The van der Waals surface area contributed by atoms with Crippen molar-refractivity contribution in [1.29, 1.82) is 0 Å². The summed E-state index contributed by atoms with van der Waals surface area (Å²) in [6.07, 6.45) is 0.741. The van der Waals surface area contributed by atoms with E-state index in [9.17, 15) is 8.42 Å². The minimum absolute atomic E-state index is 0.00560. The van der Waals surface area contributed by atoms with E-state index < -0.39 is 10.0 Å². The molecule has 5 nitrogen and oxygen atoms in total. The third-order valence-electron chi connectivity index (χ3n) is 2.89. The van der Waals surface area contributed by atoms with Gasteiger partial charge in [0.25, 0.3) is 0 Å². The van der Waals surface area contributed by atoms with Crippen LogP contribution in [0.3, 0.4) is 0 Å². The zero-order valence-corrected chi connectivity index (χ0v) is 10.9. The standard InChI is InChI=1S/C12H18N2O3S/c13-7-10-1-3-11(4-2-10)9-18(15,16)14-12-5-6-17-8-12/h1-4,12,14H,5-9,13H2. The fourth-order valence-corrected chi connectivity index (χ4v) is 3.32. The number of sulfonamides is 1. The summed E-state index contributed by atoms with van der Waals surface area (Å²) in [5.74, 6) is -0.00560. The van der Waals surface area contributed by atoms with Crippen molar-refractivity contribution in [2.45, 2.75) is 24.8 Å². The van der Waals surface area contributed by atoms with Gasteiger partial charge in [0, 0.05) is 19.2 Å². The van der Waals surface area contributed by atoms with Crippen LogP contribution >= 0.6 is 0 Å². The van der Waals surface area contributed by atoms with Crippen molar-refractivity contribution >= 4 is 10.0 Å². The second-order valence-electron chi connectivity index (χ2n) is 4.46. The van der Waals surface area contributed by atoms with Gasteiger partial charge in [0.1, 0.15) is 0 Å². The highest BCUT2D eigenvalue weighted by Gasteiger charge is 2.22. The van der Waals surface area contributed by atoms with Gasteiger partial charge in [-0.2, -0.15) is 0 Å². The lowest BCUT2D eigenvalue weighted by atomic mass is 10.1. The van der Waals surface area contributed by atoms with Crippen LogP contribution in [0.5, 0.6) is 0 Å². The highest BCUT2D eigenvalue weighted by atomic mass is 32.2. The molecule has 18 heavy (non-hydrogen) atoms. The Hall–Kier alpha value is -0.950. The molecular weight excluding hydrogens is 252 g/mol. The van der Waals surface area contributed by atoms with Gasteiger partial charge in [0.2, 0.25) is 10.0 Å². The first-order chi connectivity index (χ1) is 8.59. The van der Waals surface area contributed by atoms with Crippen molar-refractivity contribution in [3.63, 3.8) is 0 Å². The first kappa shape index (κ1) is 13.5. The van der Waals surface area contributed by atoms with Crippen LogP contribution in [0.15, 0.2) is 24.3 Å². The molecule has 0 spiro atoms. The Kier molecular flexibility index (Phi) is 4.34. The smallest absolute Gasteiger partial charge is 0.216 e. The quantitative estimate of drug-likeness (QED) is 0.809. The summed E-state index contributed by atoms with van der Waals surface area (Å²) < 4.78 is 31.6. The van der Waals surface area contributed by atoms with Gasteiger partial charge in [-0.3, -0.25) is 0 Å². The number of nitrogens with one attached hydrogen (secondary N) is 1. The topological polar surface area (TPSA) is 81.4 Å². The molecule has 0 radical (unpaired) electrons. The molecule has 1 unspecified atom stereocenters. The molecule has 0 saturated carbocycles. The summed E-state index contributed by atoms with van der Waals surface area (Å²) in [7, 11) is -3.30. The Morgan fingerprint density at radius 2 is 1.94 bits per heavy atom. The molecule has 0 bridgehead atoms. The van der Waals surface area contributed by atoms with Gasteiger partial charge in [0.05, 0.1) is 12.4 Å². The van der Waals surface area contributed by atoms with Gasteiger partial charge in [-0.05, 0) is 17.5 Å². The van der Waals surface area contributed by atoms with Crippen LogP contribution in [0.25, 0.3) is 0 Å². The van der Waals surface area contributed by atoms with Gasteiger partial charge in [0.15, 0.2) is 0 Å². The molecule has 1 heterocycles. The molecule has 1 aromatic carbocycles. The summed E-state index contributed by atoms with van der Waals surface area (Å²) in [5, 5.41) is 0. The van der Waals surface area contributed by atoms with Crippen LogP contribution in [-0.2, 0) is 27.1 Å². The minimum atomic E-state index is -3.30. The predicted molar refractivity (Wildman–Crippen MR) is 69.3 cm³/mol. The molecule has 6 heteroatoms. The fraction of sp³-hybridized carbons (Fsp3) is 0.500. The number of benzene rings is 1. The first-order valence-electron chi connectivity index (χ1n) is 5.95. The van der Waals surface area contributed by atoms with Gasteiger partial charge in [-0.1, -0.05) is 24.3 Å². The summed E-state index contributed by atoms with van der Waals surface area (Å²) in [4.78, 5) is 0. The summed E-state index contributed by atoms with van der Waals surface area (Å²) >= 11 is 0. The summed E-state index contributed by atoms with van der Waals surface area (Å²) in [5.41, 5.74) is 7.25. The van der Waals surface area contributed by atoms with E-state index in [4.69, 9.17) is 10.5 Å². The van der Waals surface area contributed by atoms with E-state index in [2.05, 4.69) is 4.72 Å². The van der Waals surface area contributed by atoms with Crippen molar-refractivity contribution < 1.29 is 13.2 Å². The van der Waals surface area contributed by atoms with E-state index in [-0.39, 0.29) is 11.8 Å². The molecule has 100 valence electrons. The monoisotopic (exact) mass is 270 g/mol. The lowest BCUT2D eigenvalue weighted by Gasteiger charge is -2.11. The molecule has 0 amide bonds. The number of nitrogens with two attached hydrogens (primary N) is 1. The van der Waals surface area contributed by atoms with E-state index in [1.807, 2.05) is 12.1 Å². The van der Waals surface area contributed by atoms with Crippen LogP contribution < -0.4 is 10.5 Å². The predicted octanol–water partition coefficient (Wildman–Crippen LogP) is 0.354. The second-order valence-corrected chi connectivity index (χ2v) is 6.21. The molecule has 0 aromatic heterocycles. The number of hydrogen-bond donors (Lipinski definition) is 2. The van der Waals surface area contributed by atoms with Gasteiger partial charge >= 0.3 is 0 Å². The van der Waals surface area contributed by atoms with Crippen LogP contribution in [0.1, 0.15) is 17.5 Å². The van der Waals surface area contributed by atoms with Crippen LogP contribution in [0.2, 0.25) is 0 Å². The zero-order chi connectivity index (χ0) is 13.0. The normalized spacial score (nSPS) is 20.2. The van der Waals surface area contributed by atoms with Gasteiger partial charge < -0.3 is 10.5 Å². The van der Waals surface area contributed by atoms with Gasteiger partial charge in [-0.25, -0.2) is 13.1 Å². The average molecular weight is 270 g/mol. The third-order valence-corrected chi connectivity index (χ3v) is 4.30. The zero-order valence-electron chi connectivity index (χ0n) is 10.1. The van der Waals surface area contributed by atoms with Crippen LogP contribution in [-0.4, -0.2) is 27.7 Å². The molecule has 2 rings (SSSR count). The maximum absolute atomic E-state index is 11.9. The highest BCUT2D eigenvalue weighted by Crippen LogP contribution is 2.10.